The topological polar surface area (TPSA) is 20.2 Å². The Morgan fingerprint density at radius 1 is 1.05 bits per heavy atom. The Hall–Kier alpha value is -1.02. The molecule has 2 unspecified atom stereocenters. The second kappa shape index (κ2) is 7.12. The molecule has 20 heavy (non-hydrogen) atoms. The maximum Gasteiger partial charge on any atom is 0.0649 e. The molecule has 0 aliphatic heterocycles. The van der Waals surface area contributed by atoms with Crippen LogP contribution in [0.5, 0.6) is 0 Å². The second-order valence-corrected chi connectivity index (χ2v) is 5.78. The Kier molecular flexibility index (Phi) is 5.47. The Bertz CT molecular complexity index is 554. The van der Waals surface area contributed by atoms with Gasteiger partial charge in [-0.2, -0.15) is 0 Å². The second-order valence-electron chi connectivity index (χ2n) is 4.93. The van der Waals surface area contributed by atoms with Crippen LogP contribution in [0.2, 0.25) is 10.0 Å². The van der Waals surface area contributed by atoms with Gasteiger partial charge in [0.05, 0.1) is 6.10 Å². The summed E-state index contributed by atoms with van der Waals surface area (Å²) < 4.78 is 0. The van der Waals surface area contributed by atoms with Gasteiger partial charge in [0, 0.05) is 22.4 Å². The number of halogens is 2. The van der Waals surface area contributed by atoms with Gasteiger partial charge in [0.15, 0.2) is 0 Å². The normalized spacial score (nSPS) is 14.0. The molecule has 2 atom stereocenters. The highest BCUT2D eigenvalue weighted by Gasteiger charge is 2.20. The van der Waals surface area contributed by atoms with Crippen molar-refractivity contribution in [2.45, 2.75) is 31.8 Å². The van der Waals surface area contributed by atoms with Crippen molar-refractivity contribution in [2.24, 2.45) is 0 Å². The smallest absolute Gasteiger partial charge is 0.0649 e. The molecule has 0 amide bonds. The molecule has 0 saturated heterocycles. The predicted molar refractivity (Wildman–Crippen MR) is 85.6 cm³/mol. The minimum Gasteiger partial charge on any atom is -0.392 e. The zero-order chi connectivity index (χ0) is 14.5. The highest BCUT2D eigenvalue weighted by Crippen LogP contribution is 2.28. The van der Waals surface area contributed by atoms with Crippen LogP contribution in [-0.4, -0.2) is 11.2 Å². The van der Waals surface area contributed by atoms with Crippen LogP contribution in [0.15, 0.2) is 48.5 Å². The monoisotopic (exact) mass is 308 g/mol. The van der Waals surface area contributed by atoms with Crippen LogP contribution in [0.4, 0.5) is 0 Å². The third-order valence-electron chi connectivity index (χ3n) is 3.58. The van der Waals surface area contributed by atoms with E-state index in [0.717, 1.165) is 17.5 Å². The van der Waals surface area contributed by atoms with Crippen LogP contribution in [0.1, 0.15) is 30.4 Å². The highest BCUT2D eigenvalue weighted by atomic mass is 35.5. The van der Waals surface area contributed by atoms with Gasteiger partial charge in [-0.15, -0.1) is 0 Å². The molecule has 0 fully saturated rings. The summed E-state index contributed by atoms with van der Waals surface area (Å²) in [7, 11) is 0. The van der Waals surface area contributed by atoms with Crippen LogP contribution in [0.25, 0.3) is 0 Å². The Balaban J connectivity index is 2.15. The van der Waals surface area contributed by atoms with E-state index in [0.29, 0.717) is 16.5 Å². The minimum absolute atomic E-state index is 0.114. The number of aliphatic hydroxyl groups is 1. The summed E-state index contributed by atoms with van der Waals surface area (Å²) in [5.74, 6) is 0.114. The van der Waals surface area contributed by atoms with Crippen LogP contribution in [0.3, 0.4) is 0 Å². The summed E-state index contributed by atoms with van der Waals surface area (Å²) in [6, 6.07) is 15.5. The fourth-order valence-electron chi connectivity index (χ4n) is 2.48. The van der Waals surface area contributed by atoms with Crippen molar-refractivity contribution in [3.8, 4) is 0 Å². The summed E-state index contributed by atoms with van der Waals surface area (Å²) in [6.07, 6.45) is 0.959. The molecule has 0 saturated carbocycles. The Morgan fingerprint density at radius 3 is 2.35 bits per heavy atom. The third kappa shape index (κ3) is 3.76. The van der Waals surface area contributed by atoms with Gasteiger partial charge in [-0.3, -0.25) is 0 Å². The van der Waals surface area contributed by atoms with E-state index in [1.807, 2.05) is 24.3 Å². The lowest BCUT2D eigenvalue weighted by molar-refractivity contribution is 0.141. The first-order valence-corrected chi connectivity index (χ1v) is 7.54. The lowest BCUT2D eigenvalue weighted by atomic mass is 9.88. The fourth-order valence-corrected chi connectivity index (χ4v) is 2.97. The molecule has 1 nitrogen and oxygen atoms in total. The first-order chi connectivity index (χ1) is 9.61. The van der Waals surface area contributed by atoms with E-state index in [1.54, 1.807) is 12.1 Å². The first-order valence-electron chi connectivity index (χ1n) is 6.78. The first kappa shape index (κ1) is 15.4. The van der Waals surface area contributed by atoms with Gasteiger partial charge < -0.3 is 5.11 Å². The molecule has 0 heterocycles. The molecule has 2 rings (SSSR count). The van der Waals surface area contributed by atoms with E-state index in [9.17, 15) is 5.11 Å². The van der Waals surface area contributed by atoms with Gasteiger partial charge >= 0.3 is 0 Å². The van der Waals surface area contributed by atoms with Crippen molar-refractivity contribution >= 4 is 23.2 Å². The highest BCUT2D eigenvalue weighted by molar-refractivity contribution is 6.35. The molecule has 0 bridgehead atoms. The molecule has 106 valence electrons. The molecule has 0 aliphatic carbocycles. The lowest BCUT2D eigenvalue weighted by Crippen LogP contribution is -2.20. The molecule has 2 aromatic rings. The van der Waals surface area contributed by atoms with Crippen LogP contribution in [-0.2, 0) is 6.42 Å². The molecule has 3 heteroatoms. The van der Waals surface area contributed by atoms with Gasteiger partial charge in [-0.05, 0) is 29.7 Å². The predicted octanol–water partition coefficient (Wildman–Crippen LogP) is 5.09. The molecular weight excluding hydrogens is 291 g/mol. The van der Waals surface area contributed by atoms with Crippen molar-refractivity contribution in [1.82, 2.24) is 0 Å². The molecule has 2 aromatic carbocycles. The number of aliphatic hydroxyl groups excluding tert-OH is 1. The molecule has 0 radical (unpaired) electrons. The SMILES string of the molecule is CCC(c1ccccc1)C(O)Cc1ccc(Cl)cc1Cl. The van der Waals surface area contributed by atoms with Gasteiger partial charge in [0.25, 0.3) is 0 Å². The summed E-state index contributed by atoms with van der Waals surface area (Å²) >= 11 is 12.1. The molecule has 1 N–H and O–H groups in total. The maximum atomic E-state index is 10.5. The zero-order valence-corrected chi connectivity index (χ0v) is 12.9. The largest absolute Gasteiger partial charge is 0.392 e. The van der Waals surface area contributed by atoms with Gasteiger partial charge in [-0.1, -0.05) is 66.5 Å². The van der Waals surface area contributed by atoms with Crippen molar-refractivity contribution in [3.05, 3.63) is 69.7 Å². The number of rotatable bonds is 5. The van der Waals surface area contributed by atoms with Gasteiger partial charge in [0.2, 0.25) is 0 Å². The van der Waals surface area contributed by atoms with Gasteiger partial charge in [0.1, 0.15) is 0 Å². The molecule has 0 aliphatic rings. The number of hydrogen-bond acceptors (Lipinski definition) is 1. The van der Waals surface area contributed by atoms with Crippen LogP contribution in [0, 0.1) is 0 Å². The summed E-state index contributed by atoms with van der Waals surface area (Å²) in [5, 5.41) is 11.7. The Morgan fingerprint density at radius 2 is 1.75 bits per heavy atom. The summed E-state index contributed by atoms with van der Waals surface area (Å²) in [5.41, 5.74) is 2.09. The molecule has 0 aromatic heterocycles. The van der Waals surface area contributed by atoms with Crippen molar-refractivity contribution in [1.29, 1.82) is 0 Å². The van der Waals surface area contributed by atoms with Crippen molar-refractivity contribution in [3.63, 3.8) is 0 Å². The molecular formula is C17H18Cl2O. The van der Waals surface area contributed by atoms with Crippen LogP contribution >= 0.6 is 23.2 Å². The number of benzene rings is 2. The third-order valence-corrected chi connectivity index (χ3v) is 4.16. The van der Waals surface area contributed by atoms with Gasteiger partial charge in [-0.25, -0.2) is 0 Å². The summed E-state index contributed by atoms with van der Waals surface area (Å²) in [6.45, 7) is 2.09. The Labute approximate surface area is 130 Å². The quantitative estimate of drug-likeness (QED) is 0.815. The van der Waals surface area contributed by atoms with E-state index < -0.39 is 6.10 Å². The summed E-state index contributed by atoms with van der Waals surface area (Å²) in [4.78, 5) is 0. The number of hydrogen-bond donors (Lipinski definition) is 1. The van der Waals surface area contributed by atoms with Crippen LogP contribution < -0.4 is 0 Å². The fraction of sp³-hybridized carbons (Fsp3) is 0.294. The maximum absolute atomic E-state index is 10.5. The molecule has 0 spiro atoms. The average Bonchev–Trinajstić information content (AvgIpc) is 2.44. The van der Waals surface area contributed by atoms with E-state index in [2.05, 4.69) is 19.1 Å². The average molecular weight is 309 g/mol. The minimum atomic E-state index is -0.457. The zero-order valence-electron chi connectivity index (χ0n) is 11.4. The lowest BCUT2D eigenvalue weighted by Gasteiger charge is -2.22. The van der Waals surface area contributed by atoms with E-state index in [1.165, 1.54) is 0 Å². The van der Waals surface area contributed by atoms with E-state index >= 15 is 0 Å². The van der Waals surface area contributed by atoms with E-state index in [-0.39, 0.29) is 5.92 Å². The standard InChI is InChI=1S/C17H18Cl2O/c1-2-15(12-6-4-3-5-7-12)17(20)10-13-8-9-14(18)11-16(13)19/h3-9,11,15,17,20H,2,10H2,1H3. The van der Waals surface area contributed by atoms with Crippen molar-refractivity contribution < 1.29 is 5.11 Å². The van der Waals surface area contributed by atoms with Crippen molar-refractivity contribution in [2.75, 3.05) is 0 Å². The van der Waals surface area contributed by atoms with E-state index in [4.69, 9.17) is 23.2 Å².